The SMILES string of the molecule is Cc1nc(C(=O)N/N=C/c2ccc3c(c2)OCC(C)(C)CO3)co1. The van der Waals surface area contributed by atoms with Gasteiger partial charge in [0.2, 0.25) is 0 Å². The number of fused-ring (bicyclic) bond motifs is 1. The molecule has 0 radical (unpaired) electrons. The molecule has 3 rings (SSSR count). The average molecular weight is 329 g/mol. The van der Waals surface area contributed by atoms with Crippen LogP contribution in [0.25, 0.3) is 0 Å². The molecular formula is C17H19N3O4. The Labute approximate surface area is 139 Å². The van der Waals surface area contributed by atoms with Gasteiger partial charge in [0.1, 0.15) is 6.26 Å². The van der Waals surface area contributed by atoms with Crippen molar-refractivity contribution in [3.8, 4) is 11.5 Å². The van der Waals surface area contributed by atoms with E-state index >= 15 is 0 Å². The van der Waals surface area contributed by atoms with Gasteiger partial charge in [-0.2, -0.15) is 5.10 Å². The van der Waals surface area contributed by atoms with Gasteiger partial charge in [-0.3, -0.25) is 4.79 Å². The maximum Gasteiger partial charge on any atom is 0.293 e. The van der Waals surface area contributed by atoms with Crippen LogP contribution in [0, 0.1) is 12.3 Å². The second kappa shape index (κ2) is 6.35. The van der Waals surface area contributed by atoms with Crippen molar-refractivity contribution in [1.29, 1.82) is 0 Å². The van der Waals surface area contributed by atoms with Gasteiger partial charge in [-0.15, -0.1) is 0 Å². The van der Waals surface area contributed by atoms with Crippen LogP contribution in [-0.4, -0.2) is 30.3 Å². The molecule has 24 heavy (non-hydrogen) atoms. The molecule has 0 fully saturated rings. The van der Waals surface area contributed by atoms with E-state index in [4.69, 9.17) is 13.9 Å². The van der Waals surface area contributed by atoms with Gasteiger partial charge in [-0.1, -0.05) is 13.8 Å². The molecule has 0 bridgehead atoms. The highest BCUT2D eigenvalue weighted by Gasteiger charge is 2.25. The number of hydrazone groups is 1. The van der Waals surface area contributed by atoms with Crippen molar-refractivity contribution in [1.82, 2.24) is 10.4 Å². The highest BCUT2D eigenvalue weighted by molar-refractivity contribution is 5.92. The number of aromatic nitrogens is 1. The maximum atomic E-state index is 11.8. The Bertz CT molecular complexity index is 780. The number of aryl methyl sites for hydroxylation is 1. The number of nitrogens with zero attached hydrogens (tertiary/aromatic N) is 2. The van der Waals surface area contributed by atoms with Crippen molar-refractivity contribution in [2.45, 2.75) is 20.8 Å². The second-order valence-corrected chi connectivity index (χ2v) is 6.40. The van der Waals surface area contributed by atoms with Crippen molar-refractivity contribution in [3.05, 3.63) is 41.6 Å². The van der Waals surface area contributed by atoms with Crippen molar-refractivity contribution in [2.24, 2.45) is 10.5 Å². The Hall–Kier alpha value is -2.83. The van der Waals surface area contributed by atoms with Crippen LogP contribution in [0.15, 0.2) is 34.0 Å². The molecule has 1 aromatic carbocycles. The molecule has 0 spiro atoms. The number of rotatable bonds is 3. The van der Waals surface area contributed by atoms with E-state index in [1.54, 1.807) is 6.92 Å². The minimum Gasteiger partial charge on any atom is -0.489 e. The minimum absolute atomic E-state index is 0.0447. The third kappa shape index (κ3) is 3.73. The zero-order valence-electron chi connectivity index (χ0n) is 13.8. The first-order chi connectivity index (χ1) is 11.4. The summed E-state index contributed by atoms with van der Waals surface area (Å²) < 4.78 is 16.6. The fourth-order valence-electron chi connectivity index (χ4n) is 2.12. The number of hydrogen-bond acceptors (Lipinski definition) is 6. The van der Waals surface area contributed by atoms with Crippen molar-refractivity contribution < 1.29 is 18.7 Å². The van der Waals surface area contributed by atoms with Crippen LogP contribution in [0.3, 0.4) is 0 Å². The summed E-state index contributed by atoms with van der Waals surface area (Å²) >= 11 is 0. The molecule has 1 aromatic heterocycles. The van der Waals surface area contributed by atoms with Crippen LogP contribution in [0.4, 0.5) is 0 Å². The van der Waals surface area contributed by atoms with Gasteiger partial charge in [0.15, 0.2) is 23.1 Å². The number of amides is 1. The largest absolute Gasteiger partial charge is 0.489 e. The van der Waals surface area contributed by atoms with E-state index in [0.717, 1.165) is 5.56 Å². The molecule has 0 unspecified atom stereocenters. The first kappa shape index (κ1) is 16.0. The molecule has 1 amide bonds. The highest BCUT2D eigenvalue weighted by Crippen LogP contribution is 2.33. The molecule has 126 valence electrons. The summed E-state index contributed by atoms with van der Waals surface area (Å²) in [5.41, 5.74) is 3.33. The summed E-state index contributed by atoms with van der Waals surface area (Å²) in [5.74, 6) is 1.37. The number of benzene rings is 1. The summed E-state index contributed by atoms with van der Waals surface area (Å²) in [6.07, 6.45) is 2.82. The number of carbonyl (C=O) groups is 1. The molecule has 2 heterocycles. The fourth-order valence-corrected chi connectivity index (χ4v) is 2.12. The van der Waals surface area contributed by atoms with Crippen molar-refractivity contribution in [3.63, 3.8) is 0 Å². The van der Waals surface area contributed by atoms with E-state index in [0.29, 0.717) is 30.6 Å². The lowest BCUT2D eigenvalue weighted by atomic mass is 9.97. The van der Waals surface area contributed by atoms with Gasteiger partial charge in [-0.25, -0.2) is 10.4 Å². The summed E-state index contributed by atoms with van der Waals surface area (Å²) in [5, 5.41) is 3.93. The zero-order valence-corrected chi connectivity index (χ0v) is 13.8. The monoisotopic (exact) mass is 329 g/mol. The van der Waals surface area contributed by atoms with Gasteiger partial charge in [0, 0.05) is 12.3 Å². The molecule has 2 aromatic rings. The lowest BCUT2D eigenvalue weighted by Crippen LogP contribution is -2.26. The summed E-state index contributed by atoms with van der Waals surface area (Å²) in [6, 6.07) is 5.50. The van der Waals surface area contributed by atoms with Crippen LogP contribution < -0.4 is 14.9 Å². The average Bonchev–Trinajstić information content (AvgIpc) is 2.92. The number of ether oxygens (including phenoxy) is 2. The zero-order chi connectivity index (χ0) is 17.2. The van der Waals surface area contributed by atoms with Crippen molar-refractivity contribution >= 4 is 12.1 Å². The van der Waals surface area contributed by atoms with E-state index < -0.39 is 5.91 Å². The molecule has 7 heteroatoms. The molecule has 0 aliphatic carbocycles. The van der Waals surface area contributed by atoms with Gasteiger partial charge in [0.05, 0.1) is 19.4 Å². The number of oxazole rings is 1. The molecule has 0 saturated heterocycles. The Morgan fingerprint density at radius 3 is 2.75 bits per heavy atom. The Morgan fingerprint density at radius 1 is 1.29 bits per heavy atom. The van der Waals surface area contributed by atoms with Gasteiger partial charge < -0.3 is 13.9 Å². The highest BCUT2D eigenvalue weighted by atomic mass is 16.5. The maximum absolute atomic E-state index is 11.8. The van der Waals surface area contributed by atoms with E-state index in [2.05, 4.69) is 29.4 Å². The first-order valence-electron chi connectivity index (χ1n) is 7.58. The number of hydrogen-bond donors (Lipinski definition) is 1. The van der Waals surface area contributed by atoms with Gasteiger partial charge >= 0.3 is 0 Å². The smallest absolute Gasteiger partial charge is 0.293 e. The fraction of sp³-hybridized carbons (Fsp3) is 0.353. The molecular weight excluding hydrogens is 310 g/mol. The normalized spacial score (nSPS) is 16.0. The molecule has 0 atom stereocenters. The van der Waals surface area contributed by atoms with Gasteiger partial charge in [0.25, 0.3) is 5.91 Å². The van der Waals surface area contributed by atoms with Gasteiger partial charge in [-0.05, 0) is 23.8 Å². The Morgan fingerprint density at radius 2 is 2.04 bits per heavy atom. The van der Waals surface area contributed by atoms with E-state index in [-0.39, 0.29) is 11.1 Å². The molecule has 1 aliphatic rings. The third-order valence-electron chi connectivity index (χ3n) is 3.44. The molecule has 1 N–H and O–H groups in total. The molecule has 7 nitrogen and oxygen atoms in total. The lowest BCUT2D eigenvalue weighted by Gasteiger charge is -2.19. The summed E-state index contributed by atoms with van der Waals surface area (Å²) in [4.78, 5) is 15.7. The molecule has 1 aliphatic heterocycles. The summed E-state index contributed by atoms with van der Waals surface area (Å²) in [7, 11) is 0. The topological polar surface area (TPSA) is 86.0 Å². The Kier molecular flexibility index (Phi) is 4.24. The van der Waals surface area contributed by atoms with E-state index in [1.807, 2.05) is 18.2 Å². The van der Waals surface area contributed by atoms with Crippen molar-refractivity contribution in [2.75, 3.05) is 13.2 Å². The predicted molar refractivity (Wildman–Crippen MR) is 87.5 cm³/mol. The van der Waals surface area contributed by atoms with Crippen LogP contribution in [0.5, 0.6) is 11.5 Å². The van der Waals surface area contributed by atoms with Crippen LogP contribution >= 0.6 is 0 Å². The molecule has 0 saturated carbocycles. The first-order valence-corrected chi connectivity index (χ1v) is 7.58. The second-order valence-electron chi connectivity index (χ2n) is 6.40. The lowest BCUT2D eigenvalue weighted by molar-refractivity contribution is 0.0950. The Balaban J connectivity index is 1.66. The van der Waals surface area contributed by atoms with E-state index in [1.165, 1.54) is 12.5 Å². The van der Waals surface area contributed by atoms with Crippen LogP contribution in [-0.2, 0) is 0 Å². The number of nitrogens with one attached hydrogen (secondary N) is 1. The number of carbonyl (C=O) groups excluding carboxylic acids is 1. The van der Waals surface area contributed by atoms with Crippen LogP contribution in [0.1, 0.15) is 35.8 Å². The van der Waals surface area contributed by atoms with Crippen LogP contribution in [0.2, 0.25) is 0 Å². The standard InChI is InChI=1S/C17H19N3O4/c1-11-19-13(8-22-11)16(21)20-18-7-12-4-5-14-15(6-12)24-10-17(2,3)9-23-14/h4-8H,9-10H2,1-3H3,(H,20,21)/b18-7+. The third-order valence-corrected chi connectivity index (χ3v) is 3.44. The summed E-state index contributed by atoms with van der Waals surface area (Å²) in [6.45, 7) is 7.01. The minimum atomic E-state index is -0.431. The quantitative estimate of drug-likeness (QED) is 0.691. The predicted octanol–water partition coefficient (Wildman–Crippen LogP) is 2.54. The van der Waals surface area contributed by atoms with E-state index in [9.17, 15) is 4.79 Å².